The van der Waals surface area contributed by atoms with Crippen molar-refractivity contribution in [1.82, 2.24) is 9.21 Å². The largest absolute Gasteiger partial charge is 0.505 e. The third-order valence-corrected chi connectivity index (χ3v) is 9.30. The zero-order valence-corrected chi connectivity index (χ0v) is 26.5. The van der Waals surface area contributed by atoms with Gasteiger partial charge in [-0.3, -0.25) is 4.79 Å². The van der Waals surface area contributed by atoms with Crippen LogP contribution in [0.4, 0.5) is 8.78 Å². The lowest BCUT2D eigenvalue weighted by Crippen LogP contribution is -2.32. The van der Waals surface area contributed by atoms with E-state index in [-0.39, 0.29) is 34.9 Å². The molecule has 1 N–H and O–H groups in total. The summed E-state index contributed by atoms with van der Waals surface area (Å²) in [7, 11) is -4.36. The normalized spacial score (nSPS) is 11.7. The molecule has 4 aromatic rings. The molecule has 0 saturated carbocycles. The van der Waals surface area contributed by atoms with E-state index in [4.69, 9.17) is 23.2 Å². The SMILES string of the molecule is CC(C)CCN(Cc1ccc(F)cc1)C(=O)c1ccc(CN(Cc2ccc(F)cc2)S(=O)(=O)c2cc(Cl)cc(Cl)c2O)cc1. The average molecular weight is 662 g/mol. The summed E-state index contributed by atoms with van der Waals surface area (Å²) < 4.78 is 55.7. The number of phenols is 1. The number of hydrogen-bond donors (Lipinski definition) is 1. The second kappa shape index (κ2) is 14.5. The Morgan fingerprint density at radius 1 is 0.795 bits per heavy atom. The van der Waals surface area contributed by atoms with Gasteiger partial charge in [-0.25, -0.2) is 17.2 Å². The fourth-order valence-electron chi connectivity index (χ4n) is 4.51. The van der Waals surface area contributed by atoms with E-state index in [0.29, 0.717) is 35.7 Å². The quantitative estimate of drug-likeness (QED) is 0.167. The van der Waals surface area contributed by atoms with E-state index in [1.165, 1.54) is 42.5 Å². The number of aromatic hydroxyl groups is 1. The Hall–Kier alpha value is -3.50. The van der Waals surface area contributed by atoms with Gasteiger partial charge >= 0.3 is 0 Å². The molecule has 0 bridgehead atoms. The zero-order valence-electron chi connectivity index (χ0n) is 24.2. The highest BCUT2D eigenvalue weighted by molar-refractivity contribution is 7.89. The molecule has 0 saturated heterocycles. The van der Waals surface area contributed by atoms with Gasteiger partial charge in [0.1, 0.15) is 16.5 Å². The molecule has 0 unspecified atom stereocenters. The number of carbonyl (C=O) groups excluding carboxylic acids is 1. The lowest BCUT2D eigenvalue weighted by atomic mass is 10.1. The molecule has 0 aromatic heterocycles. The second-order valence-corrected chi connectivity index (χ2v) is 13.6. The third-order valence-electron chi connectivity index (χ3n) is 6.99. The molecule has 0 heterocycles. The Labute approximate surface area is 266 Å². The van der Waals surface area contributed by atoms with Crippen LogP contribution in [-0.4, -0.2) is 35.2 Å². The van der Waals surface area contributed by atoms with Crippen molar-refractivity contribution < 1.29 is 27.1 Å². The molecular formula is C33H32Cl2F2N2O4S. The maximum atomic E-state index is 13.8. The van der Waals surface area contributed by atoms with Gasteiger partial charge in [0.05, 0.1) is 5.02 Å². The Morgan fingerprint density at radius 2 is 1.27 bits per heavy atom. The van der Waals surface area contributed by atoms with Crippen LogP contribution >= 0.6 is 23.2 Å². The smallest absolute Gasteiger partial charge is 0.254 e. The first-order chi connectivity index (χ1) is 20.8. The second-order valence-electron chi connectivity index (χ2n) is 10.9. The molecule has 0 aliphatic carbocycles. The number of halogens is 4. The van der Waals surface area contributed by atoms with Gasteiger partial charge in [0.2, 0.25) is 10.0 Å². The van der Waals surface area contributed by atoms with E-state index >= 15 is 0 Å². The highest BCUT2D eigenvalue weighted by atomic mass is 35.5. The molecule has 6 nitrogen and oxygen atoms in total. The predicted octanol–water partition coefficient (Wildman–Crippen LogP) is 8.06. The van der Waals surface area contributed by atoms with Gasteiger partial charge in [0.15, 0.2) is 5.75 Å². The van der Waals surface area contributed by atoms with Gasteiger partial charge in [-0.05, 0) is 77.6 Å². The number of nitrogens with zero attached hydrogens (tertiary/aromatic N) is 2. The first-order valence-electron chi connectivity index (χ1n) is 13.9. The highest BCUT2D eigenvalue weighted by Crippen LogP contribution is 2.36. The summed E-state index contributed by atoms with van der Waals surface area (Å²) in [4.78, 5) is 14.8. The molecule has 4 rings (SSSR count). The molecule has 4 aromatic carbocycles. The van der Waals surface area contributed by atoms with E-state index in [2.05, 4.69) is 13.8 Å². The first-order valence-corrected chi connectivity index (χ1v) is 16.1. The Morgan fingerprint density at radius 3 is 1.77 bits per heavy atom. The summed E-state index contributed by atoms with van der Waals surface area (Å²) in [6, 6.07) is 20.3. The summed E-state index contributed by atoms with van der Waals surface area (Å²) in [6.07, 6.45) is 0.779. The number of phenolic OH excluding ortho intramolecular Hbond substituents is 1. The Kier molecular flexibility index (Phi) is 11.0. The van der Waals surface area contributed by atoms with Crippen molar-refractivity contribution in [3.8, 4) is 5.75 Å². The van der Waals surface area contributed by atoms with Gasteiger partial charge in [-0.2, -0.15) is 4.31 Å². The van der Waals surface area contributed by atoms with Crippen molar-refractivity contribution >= 4 is 39.1 Å². The summed E-state index contributed by atoms with van der Waals surface area (Å²) in [5, 5.41) is 10.3. The standard InChI is InChI=1S/C33H32Cl2F2N2O4S/c1-22(2)15-16-38(19-23-5-11-28(36)12-6-23)33(41)26-9-3-24(4-10-26)20-39(21-25-7-13-29(37)14-8-25)44(42,43)31-18-27(34)17-30(35)32(31)40/h3-14,17-18,22,40H,15-16,19-21H2,1-2H3. The van der Waals surface area contributed by atoms with Crippen molar-refractivity contribution in [3.05, 3.63) is 129 Å². The summed E-state index contributed by atoms with van der Waals surface area (Å²) in [6.45, 7) is 4.67. The topological polar surface area (TPSA) is 77.9 Å². The number of amides is 1. The number of hydrogen-bond acceptors (Lipinski definition) is 4. The van der Waals surface area contributed by atoms with Crippen LogP contribution in [0.3, 0.4) is 0 Å². The van der Waals surface area contributed by atoms with Crippen molar-refractivity contribution in [2.75, 3.05) is 6.54 Å². The number of carbonyl (C=O) groups is 1. The van der Waals surface area contributed by atoms with E-state index in [0.717, 1.165) is 22.4 Å². The van der Waals surface area contributed by atoms with Crippen molar-refractivity contribution in [2.24, 2.45) is 5.92 Å². The van der Waals surface area contributed by atoms with Crippen LogP contribution in [-0.2, 0) is 29.7 Å². The van der Waals surface area contributed by atoms with Crippen LogP contribution < -0.4 is 0 Å². The van der Waals surface area contributed by atoms with Crippen molar-refractivity contribution in [3.63, 3.8) is 0 Å². The van der Waals surface area contributed by atoms with Gasteiger partial charge in [-0.1, -0.05) is 73.4 Å². The minimum Gasteiger partial charge on any atom is -0.505 e. The lowest BCUT2D eigenvalue weighted by Gasteiger charge is -2.25. The van der Waals surface area contributed by atoms with E-state index in [1.54, 1.807) is 41.3 Å². The predicted molar refractivity (Wildman–Crippen MR) is 168 cm³/mol. The van der Waals surface area contributed by atoms with Gasteiger partial charge in [-0.15, -0.1) is 0 Å². The molecule has 0 aliphatic heterocycles. The molecule has 0 aliphatic rings. The van der Waals surface area contributed by atoms with Gasteiger partial charge in [0, 0.05) is 36.8 Å². The number of benzene rings is 4. The molecule has 0 spiro atoms. The van der Waals surface area contributed by atoms with Crippen LogP contribution in [0.5, 0.6) is 5.75 Å². The third kappa shape index (κ3) is 8.57. The maximum absolute atomic E-state index is 13.8. The summed E-state index contributed by atoms with van der Waals surface area (Å²) in [5.41, 5.74) is 2.28. The van der Waals surface area contributed by atoms with E-state index < -0.39 is 26.5 Å². The van der Waals surface area contributed by atoms with Crippen LogP contribution in [0.2, 0.25) is 10.0 Å². The van der Waals surface area contributed by atoms with Gasteiger partial charge < -0.3 is 10.0 Å². The van der Waals surface area contributed by atoms with Crippen LogP contribution in [0.15, 0.2) is 89.8 Å². The van der Waals surface area contributed by atoms with Crippen LogP contribution in [0.1, 0.15) is 47.3 Å². The molecule has 44 heavy (non-hydrogen) atoms. The number of sulfonamides is 1. The minimum atomic E-state index is -4.36. The fraction of sp³-hybridized carbons (Fsp3) is 0.242. The Bertz CT molecular complexity index is 1700. The van der Waals surface area contributed by atoms with Crippen molar-refractivity contribution in [1.29, 1.82) is 0 Å². The summed E-state index contributed by atoms with van der Waals surface area (Å²) in [5.74, 6) is -1.30. The summed E-state index contributed by atoms with van der Waals surface area (Å²) >= 11 is 12.1. The first kappa shape index (κ1) is 33.4. The Balaban J connectivity index is 1.61. The van der Waals surface area contributed by atoms with Crippen LogP contribution in [0.25, 0.3) is 0 Å². The van der Waals surface area contributed by atoms with Gasteiger partial charge in [0.25, 0.3) is 5.91 Å². The molecule has 0 fully saturated rings. The average Bonchev–Trinajstić information content (AvgIpc) is 2.98. The van der Waals surface area contributed by atoms with E-state index in [9.17, 15) is 27.1 Å². The van der Waals surface area contributed by atoms with Crippen LogP contribution in [0, 0.1) is 17.6 Å². The maximum Gasteiger partial charge on any atom is 0.254 e. The van der Waals surface area contributed by atoms with Crippen molar-refractivity contribution in [2.45, 2.75) is 44.8 Å². The monoisotopic (exact) mass is 660 g/mol. The molecule has 11 heteroatoms. The molecule has 0 atom stereocenters. The molecule has 1 amide bonds. The zero-order chi connectivity index (χ0) is 32.0. The lowest BCUT2D eigenvalue weighted by molar-refractivity contribution is 0.0735. The molecule has 232 valence electrons. The van der Waals surface area contributed by atoms with E-state index in [1.807, 2.05) is 0 Å². The molecular weight excluding hydrogens is 629 g/mol. The fourth-order valence-corrected chi connectivity index (χ4v) is 6.67. The molecule has 0 radical (unpaired) electrons. The number of rotatable bonds is 12. The minimum absolute atomic E-state index is 0.0265. The highest BCUT2D eigenvalue weighted by Gasteiger charge is 2.30.